The highest BCUT2D eigenvalue weighted by atomic mass is 32.2. The molecular formula is C43H56N4O9S. The number of nitrogens with zero attached hydrogens (tertiary/aromatic N) is 2. The highest BCUT2D eigenvalue weighted by molar-refractivity contribution is 7.91. The number of hydrogen-bond acceptors (Lipinski definition) is 10. The second kappa shape index (κ2) is 14.9. The van der Waals surface area contributed by atoms with Gasteiger partial charge in [-0.15, -0.1) is 0 Å². The summed E-state index contributed by atoms with van der Waals surface area (Å²) in [6, 6.07) is 4.69. The van der Waals surface area contributed by atoms with Gasteiger partial charge in [0, 0.05) is 29.2 Å². The molecule has 1 saturated heterocycles. The minimum absolute atomic E-state index is 0.0919. The molecular weight excluding hydrogens is 749 g/mol. The van der Waals surface area contributed by atoms with Crippen LogP contribution in [0.2, 0.25) is 0 Å². The number of sulfonamides is 1. The summed E-state index contributed by atoms with van der Waals surface area (Å²) in [5.74, 6) is -1.59. The largest absolute Gasteiger partial charge is 0.497 e. The molecule has 3 aliphatic heterocycles. The molecule has 8 rings (SSSR count). The molecule has 1 aromatic carbocycles. The molecule has 3 amide bonds. The summed E-state index contributed by atoms with van der Waals surface area (Å²) in [7, 11) is -2.36. The first kappa shape index (κ1) is 39.6. The maximum absolute atomic E-state index is 14.9. The van der Waals surface area contributed by atoms with Crippen LogP contribution in [-0.2, 0) is 40.4 Å². The number of methoxy groups -OCH3 is 1. The Morgan fingerprint density at radius 3 is 2.61 bits per heavy atom. The van der Waals surface area contributed by atoms with Gasteiger partial charge in [-0.1, -0.05) is 31.9 Å². The van der Waals surface area contributed by atoms with Crippen molar-refractivity contribution in [3.05, 3.63) is 41.6 Å². The lowest BCUT2D eigenvalue weighted by Crippen LogP contribution is -2.57. The van der Waals surface area contributed by atoms with Crippen LogP contribution in [0.15, 0.2) is 30.4 Å². The molecule has 0 bridgehead atoms. The average molecular weight is 805 g/mol. The fourth-order valence-corrected chi connectivity index (χ4v) is 10.9. The Balaban J connectivity index is 1.12. The Bertz CT molecular complexity index is 2120. The van der Waals surface area contributed by atoms with E-state index >= 15 is 0 Å². The Morgan fingerprint density at radius 2 is 1.88 bits per heavy atom. The third-order valence-corrected chi connectivity index (χ3v) is 15.9. The zero-order valence-electron chi connectivity index (χ0n) is 33.6. The fourth-order valence-electron chi connectivity index (χ4n) is 9.63. The maximum atomic E-state index is 14.9. The molecule has 6 aliphatic rings. The molecule has 4 fully saturated rings. The number of pyridine rings is 1. The van der Waals surface area contributed by atoms with Crippen LogP contribution in [0.4, 0.5) is 0 Å². The van der Waals surface area contributed by atoms with Gasteiger partial charge in [0.25, 0.3) is 5.91 Å². The molecule has 7 atom stereocenters. The van der Waals surface area contributed by atoms with E-state index in [1.807, 2.05) is 37.3 Å². The molecule has 2 unspecified atom stereocenters. The third kappa shape index (κ3) is 7.51. The Hall–Kier alpha value is -4.20. The van der Waals surface area contributed by atoms with Crippen LogP contribution in [-0.4, -0.2) is 83.7 Å². The topological polar surface area (TPSA) is 170 Å². The van der Waals surface area contributed by atoms with E-state index in [9.17, 15) is 27.6 Å². The molecule has 14 heteroatoms. The van der Waals surface area contributed by atoms with Gasteiger partial charge in [-0.25, -0.2) is 13.4 Å². The number of rotatable bonds is 7. The Labute approximate surface area is 335 Å². The highest BCUT2D eigenvalue weighted by Crippen LogP contribution is 2.49. The molecule has 1 spiro atoms. The lowest BCUT2D eigenvalue weighted by atomic mass is 9.87. The molecule has 57 heavy (non-hydrogen) atoms. The molecule has 3 saturated carbocycles. The zero-order valence-corrected chi connectivity index (χ0v) is 34.4. The lowest BCUT2D eigenvalue weighted by molar-refractivity contribution is -0.155. The van der Waals surface area contributed by atoms with Crippen molar-refractivity contribution in [3.8, 4) is 11.5 Å². The van der Waals surface area contributed by atoms with Crippen molar-refractivity contribution >= 4 is 44.6 Å². The lowest BCUT2D eigenvalue weighted by Gasteiger charge is -2.36. The summed E-state index contributed by atoms with van der Waals surface area (Å²) in [5.41, 5.74) is 0.0457. The average Bonchev–Trinajstić information content (AvgIpc) is 4.01. The maximum Gasteiger partial charge on any atom is 0.306 e. The van der Waals surface area contributed by atoms with Gasteiger partial charge in [0.15, 0.2) is 0 Å². The number of nitrogens with one attached hydrogen (secondary N) is 2. The van der Waals surface area contributed by atoms with Gasteiger partial charge in [-0.2, -0.15) is 0 Å². The highest BCUT2D eigenvalue weighted by Gasteiger charge is 2.64. The SMILES string of the molecule is COc1ccc2nc(C)c3c(c2c1)CC[C@]1(C[C@H]2C(=O)N[C@]4(C(=O)NS(=O)(=O)C5(C)CC5)C[C@H]4/C=C\CCCCC[C@H](CC(=O)OC4CCCC4C)C(=O)N2C1)O3. The predicted molar refractivity (Wildman–Crippen MR) is 212 cm³/mol. The van der Waals surface area contributed by atoms with Gasteiger partial charge < -0.3 is 24.4 Å². The van der Waals surface area contributed by atoms with E-state index in [1.165, 1.54) is 0 Å². The molecule has 3 aliphatic carbocycles. The quantitative estimate of drug-likeness (QED) is 0.275. The number of carbonyl (C=O) groups is 4. The third-order valence-electron chi connectivity index (χ3n) is 13.8. The van der Waals surface area contributed by atoms with E-state index in [0.717, 1.165) is 55.0 Å². The van der Waals surface area contributed by atoms with Gasteiger partial charge in [-0.05, 0) is 109 Å². The van der Waals surface area contributed by atoms with Crippen molar-refractivity contribution in [3.63, 3.8) is 0 Å². The number of benzene rings is 1. The Kier molecular flexibility index (Phi) is 10.3. The molecule has 0 radical (unpaired) electrons. The number of carbonyl (C=O) groups excluding carboxylic acids is 4. The van der Waals surface area contributed by atoms with Crippen LogP contribution < -0.4 is 19.5 Å². The van der Waals surface area contributed by atoms with E-state index < -0.39 is 61.6 Å². The van der Waals surface area contributed by atoms with Crippen LogP contribution in [0.1, 0.15) is 115 Å². The normalized spacial score (nSPS) is 32.8. The summed E-state index contributed by atoms with van der Waals surface area (Å²) in [5, 5.41) is 3.90. The van der Waals surface area contributed by atoms with E-state index in [-0.39, 0.29) is 43.7 Å². The first-order chi connectivity index (χ1) is 27.2. The number of hydrogen-bond donors (Lipinski definition) is 2. The van der Waals surface area contributed by atoms with E-state index in [0.29, 0.717) is 55.7 Å². The molecule has 4 heterocycles. The van der Waals surface area contributed by atoms with E-state index in [2.05, 4.69) is 17.0 Å². The number of ether oxygens (including phenoxy) is 3. The first-order valence-electron chi connectivity index (χ1n) is 20.9. The summed E-state index contributed by atoms with van der Waals surface area (Å²) < 4.78 is 46.2. The summed E-state index contributed by atoms with van der Waals surface area (Å²) in [6.45, 7) is 5.68. The van der Waals surface area contributed by atoms with E-state index in [4.69, 9.17) is 19.2 Å². The molecule has 2 N–H and O–H groups in total. The second-order valence-electron chi connectivity index (χ2n) is 17.9. The van der Waals surface area contributed by atoms with Crippen LogP contribution in [0, 0.1) is 24.7 Å². The number of aryl methyl sites for hydroxylation is 2. The van der Waals surface area contributed by atoms with Crippen molar-refractivity contribution in [2.75, 3.05) is 13.7 Å². The Morgan fingerprint density at radius 1 is 1.07 bits per heavy atom. The number of esters is 1. The van der Waals surface area contributed by atoms with Crippen molar-refractivity contribution < 1.29 is 41.8 Å². The van der Waals surface area contributed by atoms with Crippen molar-refractivity contribution in [2.45, 2.75) is 145 Å². The second-order valence-corrected chi connectivity index (χ2v) is 20.1. The number of allylic oxidation sites excluding steroid dienone is 1. The zero-order chi connectivity index (χ0) is 40.3. The smallest absolute Gasteiger partial charge is 0.306 e. The number of fused-ring (bicyclic) bond motifs is 5. The fraction of sp³-hybridized carbons (Fsp3) is 0.651. The molecule has 2 aromatic rings. The molecule has 1 aromatic heterocycles. The minimum atomic E-state index is -3.98. The van der Waals surface area contributed by atoms with Gasteiger partial charge in [-0.3, -0.25) is 23.9 Å². The first-order valence-corrected chi connectivity index (χ1v) is 22.4. The minimum Gasteiger partial charge on any atom is -0.497 e. The number of aromatic nitrogens is 1. The standard InChI is InChI=1S/C43H56N4O9S/c1-26-11-10-14-35(26)55-36(48)21-28-12-8-6-5-7-9-13-29-23-43(29,40(51)46-57(52,53)41(3)19-20-41)45-38(49)34-24-42(25-47(34)39(28)50)18-17-31-32-22-30(54-4)15-16-33(32)44-27(2)37(31)56-42/h9,13,15-16,22,26,28-29,34-35H,5-8,10-12,14,17-21,23-25H2,1-4H3,(H,45,49)(H,46,51)/b13-9-/t26?,28-,29-,34+,35?,42-,43-/m1/s1. The van der Waals surface area contributed by atoms with Crippen LogP contribution in [0.25, 0.3) is 10.9 Å². The van der Waals surface area contributed by atoms with Gasteiger partial charge in [0.05, 0.1) is 36.0 Å². The monoisotopic (exact) mass is 804 g/mol. The number of amides is 3. The molecule has 308 valence electrons. The van der Waals surface area contributed by atoms with Crippen LogP contribution in [0.5, 0.6) is 11.5 Å². The summed E-state index contributed by atoms with van der Waals surface area (Å²) in [4.78, 5) is 63.6. The van der Waals surface area contributed by atoms with Crippen molar-refractivity contribution in [1.82, 2.24) is 19.9 Å². The summed E-state index contributed by atoms with van der Waals surface area (Å²) >= 11 is 0. The van der Waals surface area contributed by atoms with Gasteiger partial charge in [0.2, 0.25) is 21.8 Å². The van der Waals surface area contributed by atoms with Gasteiger partial charge >= 0.3 is 5.97 Å². The van der Waals surface area contributed by atoms with Crippen molar-refractivity contribution in [2.24, 2.45) is 17.8 Å². The summed E-state index contributed by atoms with van der Waals surface area (Å²) in [6.07, 6.45) is 12.4. The van der Waals surface area contributed by atoms with Gasteiger partial charge in [0.1, 0.15) is 34.8 Å². The predicted octanol–water partition coefficient (Wildman–Crippen LogP) is 5.35. The van der Waals surface area contributed by atoms with Crippen molar-refractivity contribution in [1.29, 1.82) is 0 Å². The van der Waals surface area contributed by atoms with Crippen LogP contribution in [0.3, 0.4) is 0 Å². The van der Waals surface area contributed by atoms with E-state index in [1.54, 1.807) is 18.9 Å². The molecule has 13 nitrogen and oxygen atoms in total. The van der Waals surface area contributed by atoms with Crippen LogP contribution >= 0.6 is 0 Å².